The molecule has 0 aliphatic carbocycles. The van der Waals surface area contributed by atoms with Crippen LogP contribution in [0.3, 0.4) is 0 Å². The zero-order chi connectivity index (χ0) is 10.0. The highest BCUT2D eigenvalue weighted by Gasteiger charge is 2.20. The molecule has 0 saturated carbocycles. The van der Waals surface area contributed by atoms with Crippen molar-refractivity contribution in [3.63, 3.8) is 0 Å². The molecule has 0 spiro atoms. The van der Waals surface area contributed by atoms with Gasteiger partial charge in [-0.3, -0.25) is 4.79 Å². The number of ketones is 1. The first kappa shape index (κ1) is 10.6. The lowest BCUT2D eigenvalue weighted by Crippen LogP contribution is -2.10. The van der Waals surface area contributed by atoms with Crippen LogP contribution in [-0.2, 0) is 0 Å². The minimum absolute atomic E-state index is 0.0949. The van der Waals surface area contributed by atoms with Crippen LogP contribution in [0.4, 0.5) is 8.78 Å². The normalized spacial score (nSPS) is 10.5. The molecule has 13 heavy (non-hydrogen) atoms. The van der Waals surface area contributed by atoms with E-state index in [-0.39, 0.29) is 10.6 Å². The molecular weight excluding hydrogens is 265 g/mol. The van der Waals surface area contributed by atoms with Crippen LogP contribution in [0.25, 0.3) is 0 Å². The zero-order valence-corrected chi connectivity index (χ0v) is 8.57. The molecular formula is C8H4BrClF2O. The molecule has 0 saturated heterocycles. The number of halogens is 4. The second kappa shape index (κ2) is 4.15. The van der Waals surface area contributed by atoms with Gasteiger partial charge in [0.25, 0.3) is 0 Å². The van der Waals surface area contributed by atoms with Crippen molar-refractivity contribution in [3.8, 4) is 0 Å². The van der Waals surface area contributed by atoms with Crippen LogP contribution in [0.5, 0.6) is 0 Å². The molecule has 0 unspecified atom stereocenters. The van der Waals surface area contributed by atoms with Gasteiger partial charge in [0, 0.05) is 15.1 Å². The summed E-state index contributed by atoms with van der Waals surface area (Å²) < 4.78 is 24.3. The van der Waals surface area contributed by atoms with Crippen molar-refractivity contribution >= 4 is 33.3 Å². The van der Waals surface area contributed by atoms with E-state index >= 15 is 0 Å². The SMILES string of the molecule is O=C(c1cc(Cl)ccc1Br)C(F)F. The molecule has 0 N–H and O–H groups in total. The van der Waals surface area contributed by atoms with Gasteiger partial charge < -0.3 is 0 Å². The van der Waals surface area contributed by atoms with E-state index in [0.29, 0.717) is 4.47 Å². The van der Waals surface area contributed by atoms with Crippen molar-refractivity contribution < 1.29 is 13.6 Å². The zero-order valence-electron chi connectivity index (χ0n) is 6.23. The average Bonchev–Trinajstić information content (AvgIpc) is 2.08. The number of rotatable bonds is 2. The van der Waals surface area contributed by atoms with Gasteiger partial charge in [-0.1, -0.05) is 27.5 Å². The Balaban J connectivity index is 3.13. The Kier molecular flexibility index (Phi) is 3.39. The van der Waals surface area contributed by atoms with Gasteiger partial charge in [0.2, 0.25) is 5.78 Å². The molecule has 1 aromatic carbocycles. The summed E-state index contributed by atoms with van der Waals surface area (Å²) in [7, 11) is 0. The molecule has 0 amide bonds. The number of carbonyl (C=O) groups excluding carboxylic acids is 1. The quantitative estimate of drug-likeness (QED) is 0.750. The van der Waals surface area contributed by atoms with Crippen LogP contribution < -0.4 is 0 Å². The Hall–Kier alpha value is -0.480. The second-order valence-electron chi connectivity index (χ2n) is 2.29. The molecule has 70 valence electrons. The van der Waals surface area contributed by atoms with Gasteiger partial charge in [-0.2, -0.15) is 0 Å². The van der Waals surface area contributed by atoms with E-state index in [9.17, 15) is 13.6 Å². The maximum atomic E-state index is 12.0. The van der Waals surface area contributed by atoms with Gasteiger partial charge in [0.1, 0.15) is 0 Å². The number of Topliss-reactive ketones (excluding diaryl/α,β-unsaturated/α-hetero) is 1. The van der Waals surface area contributed by atoms with E-state index < -0.39 is 12.2 Å². The molecule has 1 aromatic rings. The van der Waals surface area contributed by atoms with Crippen LogP contribution in [0.2, 0.25) is 5.02 Å². The highest BCUT2D eigenvalue weighted by Crippen LogP contribution is 2.23. The van der Waals surface area contributed by atoms with Gasteiger partial charge in [0.15, 0.2) is 0 Å². The van der Waals surface area contributed by atoms with Crippen molar-refractivity contribution in [3.05, 3.63) is 33.3 Å². The molecule has 5 heteroatoms. The third kappa shape index (κ3) is 2.48. The molecule has 1 nitrogen and oxygen atoms in total. The van der Waals surface area contributed by atoms with Crippen molar-refractivity contribution in [2.45, 2.75) is 6.43 Å². The fraction of sp³-hybridized carbons (Fsp3) is 0.125. The maximum absolute atomic E-state index is 12.0. The second-order valence-corrected chi connectivity index (χ2v) is 3.58. The number of hydrogen-bond acceptors (Lipinski definition) is 1. The summed E-state index contributed by atoms with van der Waals surface area (Å²) in [6.07, 6.45) is -3.00. The molecule has 0 aromatic heterocycles. The largest absolute Gasteiger partial charge is 0.300 e. The first-order valence-electron chi connectivity index (χ1n) is 3.30. The van der Waals surface area contributed by atoms with E-state index in [2.05, 4.69) is 15.9 Å². The van der Waals surface area contributed by atoms with Crippen molar-refractivity contribution in [2.75, 3.05) is 0 Å². The Morgan fingerprint density at radius 2 is 2.08 bits per heavy atom. The molecule has 0 radical (unpaired) electrons. The van der Waals surface area contributed by atoms with Crippen LogP contribution in [-0.4, -0.2) is 12.2 Å². The Bertz CT molecular complexity index is 341. The molecule has 0 aliphatic rings. The van der Waals surface area contributed by atoms with Crippen molar-refractivity contribution in [1.29, 1.82) is 0 Å². The molecule has 0 atom stereocenters. The van der Waals surface area contributed by atoms with Gasteiger partial charge in [-0.05, 0) is 18.2 Å². The van der Waals surface area contributed by atoms with Crippen LogP contribution in [0.1, 0.15) is 10.4 Å². The van der Waals surface area contributed by atoms with E-state index in [4.69, 9.17) is 11.6 Å². The van der Waals surface area contributed by atoms with E-state index in [1.165, 1.54) is 18.2 Å². The van der Waals surface area contributed by atoms with Gasteiger partial charge >= 0.3 is 6.43 Å². The van der Waals surface area contributed by atoms with Gasteiger partial charge in [-0.25, -0.2) is 8.78 Å². The predicted octanol–water partition coefficient (Wildman–Crippen LogP) is 3.55. The van der Waals surface area contributed by atoms with E-state index in [1.54, 1.807) is 0 Å². The minimum atomic E-state index is -3.00. The summed E-state index contributed by atoms with van der Waals surface area (Å²) in [5.41, 5.74) is -0.0949. The molecule has 1 rings (SSSR count). The Morgan fingerprint density at radius 1 is 1.46 bits per heavy atom. The maximum Gasteiger partial charge on any atom is 0.300 e. The number of benzene rings is 1. The fourth-order valence-corrected chi connectivity index (χ4v) is 1.42. The number of alkyl halides is 2. The van der Waals surface area contributed by atoms with Crippen LogP contribution in [0.15, 0.2) is 22.7 Å². The lowest BCUT2D eigenvalue weighted by atomic mass is 10.1. The van der Waals surface area contributed by atoms with E-state index in [0.717, 1.165) is 0 Å². The first-order chi connectivity index (χ1) is 6.02. The molecule has 0 heterocycles. The number of carbonyl (C=O) groups is 1. The Morgan fingerprint density at radius 3 is 2.62 bits per heavy atom. The minimum Gasteiger partial charge on any atom is -0.288 e. The summed E-state index contributed by atoms with van der Waals surface area (Å²) in [4.78, 5) is 10.9. The molecule has 0 fully saturated rings. The summed E-state index contributed by atoms with van der Waals surface area (Å²) in [6.45, 7) is 0. The summed E-state index contributed by atoms with van der Waals surface area (Å²) in [6, 6.07) is 4.17. The highest BCUT2D eigenvalue weighted by atomic mass is 79.9. The highest BCUT2D eigenvalue weighted by molar-refractivity contribution is 9.10. The third-order valence-corrected chi connectivity index (χ3v) is 2.32. The van der Waals surface area contributed by atoms with Crippen molar-refractivity contribution in [1.82, 2.24) is 0 Å². The number of hydrogen-bond donors (Lipinski definition) is 0. The van der Waals surface area contributed by atoms with Crippen molar-refractivity contribution in [2.24, 2.45) is 0 Å². The van der Waals surface area contributed by atoms with Crippen LogP contribution >= 0.6 is 27.5 Å². The monoisotopic (exact) mass is 268 g/mol. The first-order valence-corrected chi connectivity index (χ1v) is 4.47. The predicted molar refractivity (Wildman–Crippen MR) is 49.5 cm³/mol. The smallest absolute Gasteiger partial charge is 0.288 e. The third-order valence-electron chi connectivity index (χ3n) is 1.39. The standard InChI is InChI=1S/C8H4BrClF2O/c9-6-2-1-4(10)3-5(6)7(13)8(11)12/h1-3,8H. The van der Waals surface area contributed by atoms with E-state index in [1.807, 2.05) is 0 Å². The lowest BCUT2D eigenvalue weighted by molar-refractivity contribution is 0.0678. The molecule has 0 aliphatic heterocycles. The molecule has 0 bridgehead atoms. The topological polar surface area (TPSA) is 17.1 Å². The summed E-state index contributed by atoms with van der Waals surface area (Å²) in [5.74, 6) is -1.23. The fourth-order valence-electron chi connectivity index (χ4n) is 0.804. The summed E-state index contributed by atoms with van der Waals surface area (Å²) in [5, 5.41) is 0.257. The average molecular weight is 269 g/mol. The van der Waals surface area contributed by atoms with Gasteiger partial charge in [0.05, 0.1) is 0 Å². The Labute approximate surface area is 86.8 Å². The van der Waals surface area contributed by atoms with Gasteiger partial charge in [-0.15, -0.1) is 0 Å². The lowest BCUT2D eigenvalue weighted by Gasteiger charge is -2.02. The van der Waals surface area contributed by atoms with Crippen LogP contribution in [0, 0.1) is 0 Å². The summed E-state index contributed by atoms with van der Waals surface area (Å²) >= 11 is 8.53.